The van der Waals surface area contributed by atoms with Crippen LogP contribution < -0.4 is 5.32 Å². The number of hydrogen-bond donors (Lipinski definition) is 1. The van der Waals surface area contributed by atoms with Gasteiger partial charge < -0.3 is 5.32 Å². The molecule has 1 unspecified atom stereocenters. The predicted octanol–water partition coefficient (Wildman–Crippen LogP) is 3.37. The summed E-state index contributed by atoms with van der Waals surface area (Å²) >= 11 is 1.90. The number of aryl methyl sites for hydroxylation is 1. The molecule has 0 amide bonds. The van der Waals surface area contributed by atoms with Gasteiger partial charge in [-0.1, -0.05) is 13.8 Å². The van der Waals surface area contributed by atoms with Crippen LogP contribution in [0.2, 0.25) is 0 Å². The van der Waals surface area contributed by atoms with E-state index in [9.17, 15) is 0 Å². The fraction of sp³-hybridized carbons (Fsp3) is 0.538. The van der Waals surface area contributed by atoms with Crippen molar-refractivity contribution in [3.05, 3.63) is 21.9 Å². The van der Waals surface area contributed by atoms with Crippen molar-refractivity contribution in [2.24, 2.45) is 0 Å². The van der Waals surface area contributed by atoms with Gasteiger partial charge in [0.2, 0.25) is 0 Å². The standard InChI is InChI=1S/C13H19NS/c1-4-7-8-12(14-6-3)13-10-9-11(5-2)15-13/h9-10,12,14H,5-6,8H2,1-3H3. The molecule has 15 heavy (non-hydrogen) atoms. The van der Waals surface area contributed by atoms with Crippen LogP contribution in [0.25, 0.3) is 0 Å². The Morgan fingerprint density at radius 2 is 2.20 bits per heavy atom. The number of rotatable bonds is 5. The molecule has 1 rings (SSSR count). The van der Waals surface area contributed by atoms with Gasteiger partial charge in [-0.15, -0.1) is 23.2 Å². The van der Waals surface area contributed by atoms with Gasteiger partial charge >= 0.3 is 0 Å². The highest BCUT2D eigenvalue weighted by Crippen LogP contribution is 2.25. The van der Waals surface area contributed by atoms with E-state index in [2.05, 4.69) is 43.1 Å². The maximum atomic E-state index is 3.48. The lowest BCUT2D eigenvalue weighted by molar-refractivity contribution is 0.574. The van der Waals surface area contributed by atoms with E-state index in [4.69, 9.17) is 0 Å². The highest BCUT2D eigenvalue weighted by atomic mass is 32.1. The average molecular weight is 221 g/mol. The zero-order valence-electron chi connectivity index (χ0n) is 9.76. The first-order valence-electron chi connectivity index (χ1n) is 5.53. The number of hydrogen-bond acceptors (Lipinski definition) is 2. The van der Waals surface area contributed by atoms with E-state index in [1.165, 1.54) is 9.75 Å². The molecule has 0 aliphatic rings. The van der Waals surface area contributed by atoms with Gasteiger partial charge in [-0.25, -0.2) is 0 Å². The maximum Gasteiger partial charge on any atom is 0.0525 e. The van der Waals surface area contributed by atoms with Gasteiger partial charge in [0.15, 0.2) is 0 Å². The molecule has 2 heteroatoms. The van der Waals surface area contributed by atoms with Crippen molar-refractivity contribution in [2.75, 3.05) is 6.54 Å². The van der Waals surface area contributed by atoms with Crippen LogP contribution in [0, 0.1) is 11.8 Å². The Labute approximate surface area is 96.9 Å². The lowest BCUT2D eigenvalue weighted by atomic mass is 10.1. The highest BCUT2D eigenvalue weighted by Gasteiger charge is 2.10. The van der Waals surface area contributed by atoms with E-state index in [0.717, 1.165) is 19.4 Å². The van der Waals surface area contributed by atoms with E-state index < -0.39 is 0 Å². The lowest BCUT2D eigenvalue weighted by Gasteiger charge is -2.12. The van der Waals surface area contributed by atoms with Crippen molar-refractivity contribution >= 4 is 11.3 Å². The molecule has 0 aliphatic carbocycles. The molecule has 0 aliphatic heterocycles. The molecule has 1 aromatic heterocycles. The minimum Gasteiger partial charge on any atom is -0.309 e. The van der Waals surface area contributed by atoms with Crippen LogP contribution in [0.1, 0.15) is 43.0 Å². The average Bonchev–Trinajstić information content (AvgIpc) is 2.72. The molecule has 0 spiro atoms. The van der Waals surface area contributed by atoms with E-state index in [-0.39, 0.29) is 0 Å². The Morgan fingerprint density at radius 3 is 2.73 bits per heavy atom. The van der Waals surface area contributed by atoms with Crippen molar-refractivity contribution in [1.82, 2.24) is 5.32 Å². The van der Waals surface area contributed by atoms with E-state index in [1.54, 1.807) is 0 Å². The molecule has 1 atom stereocenters. The summed E-state index contributed by atoms with van der Waals surface area (Å²) < 4.78 is 0. The summed E-state index contributed by atoms with van der Waals surface area (Å²) in [7, 11) is 0. The fourth-order valence-electron chi connectivity index (χ4n) is 1.50. The van der Waals surface area contributed by atoms with Crippen LogP contribution in [-0.2, 0) is 6.42 Å². The molecule has 1 aromatic rings. The van der Waals surface area contributed by atoms with Gasteiger partial charge in [-0.2, -0.15) is 0 Å². The molecule has 82 valence electrons. The summed E-state index contributed by atoms with van der Waals surface area (Å²) in [6.45, 7) is 7.23. The number of nitrogens with one attached hydrogen (secondary N) is 1. The summed E-state index contributed by atoms with van der Waals surface area (Å²) in [6.07, 6.45) is 2.04. The first kappa shape index (κ1) is 12.3. The molecule has 0 saturated heterocycles. The van der Waals surface area contributed by atoms with Gasteiger partial charge in [-0.3, -0.25) is 0 Å². The smallest absolute Gasteiger partial charge is 0.0525 e. The van der Waals surface area contributed by atoms with Crippen molar-refractivity contribution < 1.29 is 0 Å². The molecule has 0 bridgehead atoms. The molecule has 0 saturated carbocycles. The Bertz CT molecular complexity index is 343. The summed E-state index contributed by atoms with van der Waals surface area (Å²) in [6, 6.07) is 4.87. The van der Waals surface area contributed by atoms with Crippen molar-refractivity contribution in [3.8, 4) is 11.8 Å². The summed E-state index contributed by atoms with van der Waals surface area (Å²) in [4.78, 5) is 2.87. The molecule has 0 fully saturated rings. The van der Waals surface area contributed by atoms with Crippen molar-refractivity contribution in [3.63, 3.8) is 0 Å². The van der Waals surface area contributed by atoms with Gasteiger partial charge in [-0.05, 0) is 32.0 Å². The molecular formula is C13H19NS. The van der Waals surface area contributed by atoms with Gasteiger partial charge in [0, 0.05) is 16.2 Å². The fourth-order valence-corrected chi connectivity index (χ4v) is 2.52. The van der Waals surface area contributed by atoms with Crippen molar-refractivity contribution in [1.29, 1.82) is 0 Å². The zero-order valence-corrected chi connectivity index (χ0v) is 10.6. The van der Waals surface area contributed by atoms with Gasteiger partial charge in [0.25, 0.3) is 0 Å². The van der Waals surface area contributed by atoms with Crippen LogP contribution in [0.4, 0.5) is 0 Å². The number of thiophene rings is 1. The van der Waals surface area contributed by atoms with Crippen LogP contribution in [0.3, 0.4) is 0 Å². The molecule has 1 nitrogen and oxygen atoms in total. The molecule has 0 aromatic carbocycles. The minimum atomic E-state index is 0.410. The maximum absolute atomic E-state index is 3.48. The second kappa shape index (κ2) is 6.66. The third-order valence-electron chi connectivity index (χ3n) is 2.31. The summed E-state index contributed by atoms with van der Waals surface area (Å²) in [5.41, 5.74) is 0. The van der Waals surface area contributed by atoms with Crippen LogP contribution in [0.15, 0.2) is 12.1 Å². The molecule has 1 N–H and O–H groups in total. The van der Waals surface area contributed by atoms with E-state index in [1.807, 2.05) is 18.3 Å². The molecular weight excluding hydrogens is 202 g/mol. The summed E-state index contributed by atoms with van der Waals surface area (Å²) in [5, 5.41) is 3.48. The SMILES string of the molecule is CC#CCC(NCC)c1ccc(CC)s1. The predicted molar refractivity (Wildman–Crippen MR) is 68.2 cm³/mol. The third-order valence-corrected chi connectivity index (χ3v) is 3.65. The summed E-state index contributed by atoms with van der Waals surface area (Å²) in [5.74, 6) is 6.11. The van der Waals surface area contributed by atoms with E-state index in [0.29, 0.717) is 6.04 Å². The second-order valence-corrected chi connectivity index (χ2v) is 4.60. The Morgan fingerprint density at radius 1 is 1.40 bits per heavy atom. The van der Waals surface area contributed by atoms with Crippen LogP contribution in [0.5, 0.6) is 0 Å². The molecule has 1 heterocycles. The highest BCUT2D eigenvalue weighted by molar-refractivity contribution is 7.12. The van der Waals surface area contributed by atoms with E-state index >= 15 is 0 Å². The van der Waals surface area contributed by atoms with Crippen LogP contribution >= 0.6 is 11.3 Å². The lowest BCUT2D eigenvalue weighted by Crippen LogP contribution is -2.19. The quantitative estimate of drug-likeness (QED) is 0.752. The van der Waals surface area contributed by atoms with Gasteiger partial charge in [0.05, 0.1) is 6.04 Å². The van der Waals surface area contributed by atoms with Crippen LogP contribution in [-0.4, -0.2) is 6.54 Å². The Balaban J connectivity index is 2.72. The molecule has 0 radical (unpaired) electrons. The first-order chi connectivity index (χ1) is 7.31. The third kappa shape index (κ3) is 3.70. The Hall–Kier alpha value is -0.780. The monoisotopic (exact) mass is 221 g/mol. The normalized spacial score (nSPS) is 11.9. The minimum absolute atomic E-state index is 0.410. The van der Waals surface area contributed by atoms with Gasteiger partial charge in [0.1, 0.15) is 0 Å². The second-order valence-electron chi connectivity index (χ2n) is 3.40. The Kier molecular flexibility index (Phi) is 5.45. The van der Waals surface area contributed by atoms with Crippen molar-refractivity contribution in [2.45, 2.75) is 39.7 Å². The topological polar surface area (TPSA) is 12.0 Å². The first-order valence-corrected chi connectivity index (χ1v) is 6.35. The zero-order chi connectivity index (χ0) is 11.1. The largest absolute Gasteiger partial charge is 0.309 e.